The molecule has 1 aromatic heterocycles. The first-order valence-corrected chi connectivity index (χ1v) is 4.48. The van der Waals surface area contributed by atoms with Crippen LogP contribution in [0.2, 0.25) is 0 Å². The highest BCUT2D eigenvalue weighted by Crippen LogP contribution is 2.16. The zero-order chi connectivity index (χ0) is 8.53. The largest absolute Gasteiger partial charge is 0.249 e. The molecule has 0 amide bonds. The molecule has 1 N–H and O–H groups in total. The van der Waals surface area contributed by atoms with E-state index in [1.165, 1.54) is 10.8 Å². The van der Waals surface area contributed by atoms with Crippen molar-refractivity contribution in [2.24, 2.45) is 0 Å². The lowest BCUT2D eigenvalue weighted by molar-refractivity contribution is 0.563. The summed E-state index contributed by atoms with van der Waals surface area (Å²) in [4.78, 5) is 12.3. The Kier molecular flexibility index (Phi) is 6.82. The summed E-state index contributed by atoms with van der Waals surface area (Å²) in [7, 11) is 1.35. The summed E-state index contributed by atoms with van der Waals surface area (Å²) >= 11 is 3.96. The lowest BCUT2D eigenvalue weighted by Gasteiger charge is -1.87. The summed E-state index contributed by atoms with van der Waals surface area (Å²) in [5.41, 5.74) is 0. The number of hydrogen-bond donors (Lipinski definition) is 2. The van der Waals surface area contributed by atoms with Crippen molar-refractivity contribution in [3.63, 3.8) is 0 Å². The SMILES string of the molecule is N=C=O.SSc1ccccn1. The number of isocyanates is 1. The molecule has 0 radical (unpaired) electrons. The van der Waals surface area contributed by atoms with Crippen LogP contribution in [-0.2, 0) is 4.79 Å². The van der Waals surface area contributed by atoms with Gasteiger partial charge in [0, 0.05) is 6.20 Å². The molecule has 1 heterocycles. The van der Waals surface area contributed by atoms with Crippen LogP contribution >= 0.6 is 22.5 Å². The van der Waals surface area contributed by atoms with Crippen LogP contribution in [-0.4, -0.2) is 11.1 Å². The summed E-state index contributed by atoms with van der Waals surface area (Å²) in [5, 5.41) is 6.34. The van der Waals surface area contributed by atoms with Gasteiger partial charge in [-0.3, -0.25) is 0 Å². The lowest BCUT2D eigenvalue weighted by atomic mass is 10.5. The number of aromatic nitrogens is 1. The third-order valence-corrected chi connectivity index (χ3v) is 1.72. The Morgan fingerprint density at radius 1 is 1.64 bits per heavy atom. The molecule has 0 aliphatic heterocycles. The summed E-state index contributed by atoms with van der Waals surface area (Å²) < 4.78 is 0. The van der Waals surface area contributed by atoms with E-state index >= 15 is 0 Å². The molecule has 0 unspecified atom stereocenters. The van der Waals surface area contributed by atoms with Crippen LogP contribution in [0, 0.1) is 5.41 Å². The van der Waals surface area contributed by atoms with Crippen molar-refractivity contribution in [3.05, 3.63) is 24.4 Å². The molecule has 1 aromatic rings. The van der Waals surface area contributed by atoms with Crippen molar-refractivity contribution in [1.82, 2.24) is 4.98 Å². The van der Waals surface area contributed by atoms with Gasteiger partial charge in [0.1, 0.15) is 5.03 Å². The van der Waals surface area contributed by atoms with Crippen molar-refractivity contribution in [2.75, 3.05) is 0 Å². The third-order valence-electron chi connectivity index (χ3n) is 0.731. The molecule has 1 rings (SSSR count). The highest BCUT2D eigenvalue weighted by molar-refractivity contribution is 8.68. The molecule has 3 nitrogen and oxygen atoms in total. The standard InChI is InChI=1S/C5H5NS2.CHNO/c7-8-5-3-1-2-4-6-5;2-1-3/h1-4,7H;2H. The van der Waals surface area contributed by atoms with E-state index in [4.69, 9.17) is 10.2 Å². The highest BCUT2D eigenvalue weighted by Gasteiger charge is 1.83. The second-order valence-electron chi connectivity index (χ2n) is 1.36. The molecule has 0 fully saturated rings. The Morgan fingerprint density at radius 2 is 2.27 bits per heavy atom. The minimum Gasteiger partial charge on any atom is -0.249 e. The van der Waals surface area contributed by atoms with Crippen molar-refractivity contribution < 1.29 is 4.79 Å². The van der Waals surface area contributed by atoms with Crippen LogP contribution in [0.4, 0.5) is 0 Å². The van der Waals surface area contributed by atoms with Gasteiger partial charge in [-0.15, -0.1) is 11.7 Å². The molecular formula is C6H6N2OS2. The van der Waals surface area contributed by atoms with Crippen LogP contribution < -0.4 is 0 Å². The Labute approximate surface area is 73.5 Å². The highest BCUT2D eigenvalue weighted by atomic mass is 33.1. The number of rotatable bonds is 1. The van der Waals surface area contributed by atoms with Gasteiger partial charge >= 0.3 is 0 Å². The minimum absolute atomic E-state index is 0.750. The fourth-order valence-electron chi connectivity index (χ4n) is 0.401. The molecule has 11 heavy (non-hydrogen) atoms. The Morgan fingerprint density at radius 3 is 2.55 bits per heavy atom. The Hall–Kier alpha value is -0.770. The number of nitrogens with one attached hydrogen (secondary N) is 1. The maximum atomic E-state index is 8.35. The number of hydrogen-bond acceptors (Lipinski definition) is 5. The minimum atomic E-state index is 0.750. The van der Waals surface area contributed by atoms with Gasteiger partial charge < -0.3 is 0 Å². The summed E-state index contributed by atoms with van der Waals surface area (Å²) in [6.07, 6.45) is 2.50. The predicted molar refractivity (Wildman–Crippen MR) is 47.5 cm³/mol. The average molecular weight is 186 g/mol. The van der Waals surface area contributed by atoms with E-state index in [9.17, 15) is 0 Å². The van der Waals surface area contributed by atoms with E-state index < -0.39 is 0 Å². The normalized spacial score (nSPS) is 7.36. The van der Waals surface area contributed by atoms with E-state index in [0.29, 0.717) is 0 Å². The zero-order valence-electron chi connectivity index (χ0n) is 5.52. The van der Waals surface area contributed by atoms with Gasteiger partial charge in [-0.1, -0.05) is 6.07 Å². The third kappa shape index (κ3) is 5.66. The molecule has 0 saturated carbocycles. The van der Waals surface area contributed by atoms with Crippen molar-refractivity contribution in [3.8, 4) is 0 Å². The monoisotopic (exact) mass is 186 g/mol. The maximum Gasteiger partial charge on any atom is 0.231 e. The second-order valence-corrected chi connectivity index (χ2v) is 2.51. The van der Waals surface area contributed by atoms with Crippen molar-refractivity contribution >= 4 is 28.5 Å². The molecule has 0 saturated heterocycles. The first-order chi connectivity index (χ1) is 5.35. The van der Waals surface area contributed by atoms with E-state index in [0.717, 1.165) is 11.1 Å². The first-order valence-electron chi connectivity index (χ1n) is 2.61. The predicted octanol–water partition coefficient (Wildman–Crippen LogP) is 1.92. The van der Waals surface area contributed by atoms with Crippen LogP contribution in [0.3, 0.4) is 0 Å². The fourth-order valence-corrected chi connectivity index (χ4v) is 0.973. The van der Waals surface area contributed by atoms with Gasteiger partial charge in [0.2, 0.25) is 6.08 Å². The molecule has 0 atom stereocenters. The number of carbonyl (C=O) groups excluding carboxylic acids is 1. The average Bonchev–Trinajstić information content (AvgIpc) is 2.08. The molecular weight excluding hydrogens is 180 g/mol. The number of pyridine rings is 1. The summed E-state index contributed by atoms with van der Waals surface area (Å²) in [5.74, 6) is 0. The fraction of sp³-hybridized carbons (Fsp3) is 0. The number of nitrogens with zero attached hydrogens (tertiary/aromatic N) is 1. The van der Waals surface area contributed by atoms with E-state index in [1.54, 1.807) is 6.20 Å². The molecule has 5 heteroatoms. The Bertz CT molecular complexity index is 221. The van der Waals surface area contributed by atoms with Crippen molar-refractivity contribution in [2.45, 2.75) is 5.03 Å². The topological polar surface area (TPSA) is 53.8 Å². The molecule has 58 valence electrons. The quantitative estimate of drug-likeness (QED) is 0.305. The molecule has 0 aliphatic rings. The first kappa shape index (κ1) is 10.2. The smallest absolute Gasteiger partial charge is 0.231 e. The molecule has 0 bridgehead atoms. The van der Waals surface area contributed by atoms with Crippen LogP contribution in [0.15, 0.2) is 29.4 Å². The summed E-state index contributed by atoms with van der Waals surface area (Å²) in [6, 6.07) is 5.73. The van der Waals surface area contributed by atoms with Gasteiger partial charge in [0.25, 0.3) is 0 Å². The molecule has 0 aromatic carbocycles. The lowest BCUT2D eigenvalue weighted by Crippen LogP contribution is -1.69. The van der Waals surface area contributed by atoms with Gasteiger partial charge in [-0.2, -0.15) is 0 Å². The number of thiol groups is 1. The Balaban J connectivity index is 0.000000292. The van der Waals surface area contributed by atoms with Gasteiger partial charge in [-0.25, -0.2) is 15.2 Å². The second kappa shape index (κ2) is 7.34. The zero-order valence-corrected chi connectivity index (χ0v) is 7.23. The van der Waals surface area contributed by atoms with Crippen molar-refractivity contribution in [1.29, 1.82) is 5.41 Å². The van der Waals surface area contributed by atoms with Crippen LogP contribution in [0.1, 0.15) is 0 Å². The maximum absolute atomic E-state index is 8.35. The van der Waals surface area contributed by atoms with Gasteiger partial charge in [0.15, 0.2) is 0 Å². The van der Waals surface area contributed by atoms with Gasteiger partial charge in [-0.05, 0) is 22.9 Å². The van der Waals surface area contributed by atoms with E-state index in [2.05, 4.69) is 16.6 Å². The summed E-state index contributed by atoms with van der Waals surface area (Å²) in [6.45, 7) is 0. The van der Waals surface area contributed by atoms with E-state index in [-0.39, 0.29) is 0 Å². The molecule has 0 aliphatic carbocycles. The molecule has 0 spiro atoms. The van der Waals surface area contributed by atoms with Gasteiger partial charge in [0.05, 0.1) is 0 Å². The van der Waals surface area contributed by atoms with Crippen LogP contribution in [0.25, 0.3) is 0 Å². The van der Waals surface area contributed by atoms with Crippen LogP contribution in [0.5, 0.6) is 0 Å². The van der Waals surface area contributed by atoms with E-state index in [1.807, 2.05) is 18.2 Å².